The maximum absolute atomic E-state index is 13.1. The number of carbonyl (C=O) groups excluding carboxylic acids is 2. The minimum Gasteiger partial charge on any atom is -0.508 e. The third-order valence-electron chi connectivity index (χ3n) is 4.99. The van der Waals surface area contributed by atoms with E-state index >= 15 is 0 Å². The number of aromatic hydroxyl groups is 1. The molecule has 158 valence electrons. The number of nitrogens with one attached hydrogen (secondary N) is 2. The molecule has 0 unspecified atom stereocenters. The Kier molecular flexibility index (Phi) is 7.22. The number of hydrogen-bond donors (Lipinski definition) is 3. The van der Waals surface area contributed by atoms with Crippen molar-refractivity contribution in [1.82, 2.24) is 10.6 Å². The van der Waals surface area contributed by atoms with Crippen molar-refractivity contribution >= 4 is 17.9 Å². The average Bonchev–Trinajstić information content (AvgIpc) is 2.79. The maximum Gasteiger partial charge on any atom is 0.257 e. The first-order valence-electron chi connectivity index (χ1n) is 10.2. The zero-order valence-electron chi connectivity index (χ0n) is 17.6. The summed E-state index contributed by atoms with van der Waals surface area (Å²) in [5, 5.41) is 15.3. The number of rotatable bonds is 7. The molecule has 0 saturated heterocycles. The molecule has 0 aromatic heterocycles. The lowest BCUT2D eigenvalue weighted by atomic mass is 10.0. The zero-order chi connectivity index (χ0) is 22.2. The quantitative estimate of drug-likeness (QED) is 0.302. The highest BCUT2D eigenvalue weighted by molar-refractivity contribution is 6.21. The van der Waals surface area contributed by atoms with E-state index in [0.29, 0.717) is 5.56 Å². The van der Waals surface area contributed by atoms with Crippen LogP contribution in [0.3, 0.4) is 0 Å². The lowest BCUT2D eigenvalue weighted by Crippen LogP contribution is -2.36. The first-order valence-corrected chi connectivity index (χ1v) is 10.2. The molecular weight excluding hydrogens is 388 g/mol. The monoisotopic (exact) mass is 414 g/mol. The number of amides is 2. The Morgan fingerprint density at radius 1 is 0.710 bits per heavy atom. The smallest absolute Gasteiger partial charge is 0.257 e. The van der Waals surface area contributed by atoms with E-state index in [1.807, 2.05) is 74.5 Å². The van der Waals surface area contributed by atoms with Gasteiger partial charge in [0.2, 0.25) is 0 Å². The molecule has 3 aromatic rings. The van der Waals surface area contributed by atoms with Crippen LogP contribution in [0.4, 0.5) is 0 Å². The lowest BCUT2D eigenvalue weighted by Gasteiger charge is -2.18. The second kappa shape index (κ2) is 10.3. The molecule has 31 heavy (non-hydrogen) atoms. The number of phenolic OH excluding ortho intramolecular Hbond substituents is 1. The molecule has 5 heteroatoms. The Labute approximate surface area is 182 Å². The molecule has 0 radical (unpaired) electrons. The molecule has 3 rings (SSSR count). The number of hydrogen-bond acceptors (Lipinski definition) is 3. The molecule has 5 nitrogen and oxygen atoms in total. The summed E-state index contributed by atoms with van der Waals surface area (Å²) in [6.07, 6.45) is 1.53. The molecule has 0 saturated carbocycles. The minimum atomic E-state index is -0.470. The molecule has 0 heterocycles. The van der Waals surface area contributed by atoms with E-state index in [2.05, 4.69) is 10.6 Å². The summed E-state index contributed by atoms with van der Waals surface area (Å²) in [5.74, 6) is -0.826. The fraction of sp³-hybridized carbons (Fsp3) is 0.154. The Balaban J connectivity index is 1.84. The summed E-state index contributed by atoms with van der Waals surface area (Å²) in [5.41, 5.74) is 2.52. The molecule has 0 bridgehead atoms. The van der Waals surface area contributed by atoms with Crippen molar-refractivity contribution in [3.05, 3.63) is 107 Å². The molecule has 2 atom stereocenters. The van der Waals surface area contributed by atoms with Crippen LogP contribution in [0.5, 0.6) is 5.75 Å². The van der Waals surface area contributed by atoms with Gasteiger partial charge in [-0.2, -0.15) is 0 Å². The van der Waals surface area contributed by atoms with Crippen molar-refractivity contribution < 1.29 is 14.7 Å². The van der Waals surface area contributed by atoms with Gasteiger partial charge in [0.05, 0.1) is 12.1 Å². The van der Waals surface area contributed by atoms with Crippen LogP contribution in [0.2, 0.25) is 0 Å². The molecule has 2 amide bonds. The van der Waals surface area contributed by atoms with Crippen LogP contribution in [-0.4, -0.2) is 16.9 Å². The van der Waals surface area contributed by atoms with Gasteiger partial charge in [0.15, 0.2) is 0 Å². The van der Waals surface area contributed by atoms with Crippen LogP contribution in [0.1, 0.15) is 42.6 Å². The fourth-order valence-electron chi connectivity index (χ4n) is 3.17. The van der Waals surface area contributed by atoms with Crippen molar-refractivity contribution in [1.29, 1.82) is 0 Å². The van der Waals surface area contributed by atoms with Gasteiger partial charge in [0, 0.05) is 0 Å². The summed E-state index contributed by atoms with van der Waals surface area (Å²) in [6, 6.07) is 24.9. The van der Waals surface area contributed by atoms with E-state index in [0.717, 1.165) is 11.1 Å². The van der Waals surface area contributed by atoms with Gasteiger partial charge in [0.25, 0.3) is 11.8 Å². The Bertz CT molecular complexity index is 984. The largest absolute Gasteiger partial charge is 0.508 e. The van der Waals surface area contributed by atoms with Crippen LogP contribution in [0, 0.1) is 0 Å². The van der Waals surface area contributed by atoms with Crippen LogP contribution in [-0.2, 0) is 9.59 Å². The maximum atomic E-state index is 13.1. The van der Waals surface area contributed by atoms with Crippen molar-refractivity contribution in [2.75, 3.05) is 0 Å². The van der Waals surface area contributed by atoms with E-state index in [1.165, 1.54) is 18.2 Å². The molecule has 3 aromatic carbocycles. The van der Waals surface area contributed by atoms with Gasteiger partial charge in [-0.3, -0.25) is 9.59 Å². The molecule has 0 aliphatic rings. The summed E-state index contributed by atoms with van der Waals surface area (Å²) >= 11 is 0. The van der Waals surface area contributed by atoms with E-state index in [9.17, 15) is 14.7 Å². The standard InChI is InChI=1S/C26H26N2O3/c1-18(21-9-5-3-6-10-21)27-25(30)24(17-20-13-15-23(29)16-14-20)26(31)28-19(2)22-11-7-4-8-12-22/h3-19,29H,1-2H3,(H,27,30)(H,28,31)/t18-,19-/m0/s1. The first kappa shape index (κ1) is 21.8. The Morgan fingerprint density at radius 2 is 1.13 bits per heavy atom. The molecule has 0 fully saturated rings. The van der Waals surface area contributed by atoms with Crippen molar-refractivity contribution in [2.45, 2.75) is 25.9 Å². The summed E-state index contributed by atoms with van der Waals surface area (Å²) in [4.78, 5) is 26.1. The molecule has 3 N–H and O–H groups in total. The van der Waals surface area contributed by atoms with Gasteiger partial charge < -0.3 is 15.7 Å². The average molecular weight is 415 g/mol. The van der Waals surface area contributed by atoms with Gasteiger partial charge in [-0.1, -0.05) is 72.8 Å². The Hall–Kier alpha value is -3.86. The lowest BCUT2D eigenvalue weighted by molar-refractivity contribution is -0.124. The van der Waals surface area contributed by atoms with Crippen LogP contribution < -0.4 is 10.6 Å². The SMILES string of the molecule is C[C@H](NC(=O)C(=Cc1ccc(O)cc1)C(=O)N[C@@H](C)c1ccccc1)c1ccccc1. The summed E-state index contributed by atoms with van der Waals surface area (Å²) in [6.45, 7) is 3.74. The van der Waals surface area contributed by atoms with Crippen molar-refractivity contribution in [3.63, 3.8) is 0 Å². The van der Waals surface area contributed by atoms with Crippen molar-refractivity contribution in [2.24, 2.45) is 0 Å². The van der Waals surface area contributed by atoms with E-state index in [-0.39, 0.29) is 23.4 Å². The number of phenols is 1. The molecule has 0 spiro atoms. The van der Waals surface area contributed by atoms with Gasteiger partial charge in [-0.25, -0.2) is 0 Å². The molecule has 0 aliphatic carbocycles. The predicted octanol–water partition coefficient (Wildman–Crippen LogP) is 4.53. The number of carbonyl (C=O) groups is 2. The van der Waals surface area contributed by atoms with Crippen molar-refractivity contribution in [3.8, 4) is 5.75 Å². The second-order valence-corrected chi connectivity index (χ2v) is 7.36. The van der Waals surface area contributed by atoms with E-state index in [1.54, 1.807) is 12.1 Å². The van der Waals surface area contributed by atoms with Gasteiger partial charge >= 0.3 is 0 Å². The predicted molar refractivity (Wildman–Crippen MR) is 122 cm³/mol. The van der Waals surface area contributed by atoms with E-state index in [4.69, 9.17) is 0 Å². The van der Waals surface area contributed by atoms with Gasteiger partial charge in [-0.15, -0.1) is 0 Å². The highest BCUT2D eigenvalue weighted by Crippen LogP contribution is 2.17. The highest BCUT2D eigenvalue weighted by Gasteiger charge is 2.22. The topological polar surface area (TPSA) is 78.4 Å². The van der Waals surface area contributed by atoms with Crippen LogP contribution >= 0.6 is 0 Å². The third kappa shape index (κ3) is 6.06. The molecular formula is C26H26N2O3. The fourth-order valence-corrected chi connectivity index (χ4v) is 3.17. The van der Waals surface area contributed by atoms with E-state index < -0.39 is 11.8 Å². The minimum absolute atomic E-state index is 0.00347. The van der Waals surface area contributed by atoms with Crippen LogP contribution in [0.15, 0.2) is 90.5 Å². The normalized spacial score (nSPS) is 12.3. The van der Waals surface area contributed by atoms with Crippen LogP contribution in [0.25, 0.3) is 6.08 Å². The van der Waals surface area contributed by atoms with Gasteiger partial charge in [-0.05, 0) is 48.7 Å². The highest BCUT2D eigenvalue weighted by atomic mass is 16.3. The molecule has 0 aliphatic heterocycles. The zero-order valence-corrected chi connectivity index (χ0v) is 17.6. The Morgan fingerprint density at radius 3 is 1.55 bits per heavy atom. The van der Waals surface area contributed by atoms with Gasteiger partial charge in [0.1, 0.15) is 11.3 Å². The second-order valence-electron chi connectivity index (χ2n) is 7.36. The summed E-state index contributed by atoms with van der Waals surface area (Å²) in [7, 11) is 0. The summed E-state index contributed by atoms with van der Waals surface area (Å²) < 4.78 is 0. The first-order chi connectivity index (χ1) is 14.9. The third-order valence-corrected chi connectivity index (χ3v) is 4.99. The number of benzene rings is 3.